The molecule has 1 aromatic rings. The van der Waals surface area contributed by atoms with E-state index in [4.69, 9.17) is 9.47 Å². The molecule has 31 heavy (non-hydrogen) atoms. The minimum absolute atomic E-state index is 0.00194. The Morgan fingerprint density at radius 2 is 1.68 bits per heavy atom. The zero-order chi connectivity index (χ0) is 22.7. The van der Waals surface area contributed by atoms with Gasteiger partial charge in [-0.2, -0.15) is 0 Å². The van der Waals surface area contributed by atoms with Crippen LogP contribution in [0.3, 0.4) is 0 Å². The van der Waals surface area contributed by atoms with E-state index in [9.17, 15) is 19.2 Å². The molecule has 166 valence electrons. The number of amides is 4. The molecule has 2 saturated heterocycles. The molecule has 4 amide bonds. The number of imide groups is 2. The second kappa shape index (κ2) is 7.50. The number of carbonyl (C=O) groups excluding carboxylic acids is 4. The zero-order valence-corrected chi connectivity index (χ0v) is 19.5. The van der Waals surface area contributed by atoms with Gasteiger partial charge >= 0.3 is 6.03 Å². The largest absolute Gasteiger partial charge is 0.348 e. The van der Waals surface area contributed by atoms with Gasteiger partial charge in [0.2, 0.25) is 11.8 Å². The average Bonchev–Trinajstić information content (AvgIpc) is 3.09. The molecule has 4 rings (SSSR count). The lowest BCUT2D eigenvalue weighted by atomic mass is 9.54. The van der Waals surface area contributed by atoms with Gasteiger partial charge in [0.15, 0.2) is 5.79 Å². The van der Waals surface area contributed by atoms with Gasteiger partial charge in [0.25, 0.3) is 0 Å². The summed E-state index contributed by atoms with van der Waals surface area (Å²) in [6.07, 6.45) is -0.615. The van der Waals surface area contributed by atoms with Crippen LogP contribution in [0.25, 0.3) is 0 Å². The summed E-state index contributed by atoms with van der Waals surface area (Å²) in [6.45, 7) is 3.66. The lowest BCUT2D eigenvalue weighted by Gasteiger charge is -2.52. The van der Waals surface area contributed by atoms with Crippen molar-refractivity contribution in [1.29, 1.82) is 0 Å². The third-order valence-electron chi connectivity index (χ3n) is 6.64. The zero-order valence-electron chi connectivity index (χ0n) is 17.9. The Morgan fingerprint density at radius 3 is 2.23 bits per heavy atom. The molecule has 1 aromatic carbocycles. The van der Waals surface area contributed by atoms with Crippen molar-refractivity contribution in [3.8, 4) is 0 Å². The van der Waals surface area contributed by atoms with E-state index in [1.807, 2.05) is 12.1 Å². The second-order valence-electron chi connectivity index (χ2n) is 8.91. The first-order chi connectivity index (χ1) is 14.5. The van der Waals surface area contributed by atoms with Gasteiger partial charge in [-0.3, -0.25) is 24.2 Å². The van der Waals surface area contributed by atoms with Gasteiger partial charge in [-0.05, 0) is 31.5 Å². The van der Waals surface area contributed by atoms with Gasteiger partial charge in [-0.25, -0.2) is 4.79 Å². The van der Waals surface area contributed by atoms with Crippen molar-refractivity contribution in [2.24, 2.45) is 11.3 Å². The normalized spacial score (nSPS) is 30.4. The number of nitrogens with zero attached hydrogens (tertiary/aromatic N) is 2. The summed E-state index contributed by atoms with van der Waals surface area (Å²) in [5, 5.41) is 0. The van der Waals surface area contributed by atoms with Crippen LogP contribution >= 0.6 is 15.9 Å². The number of ketones is 1. The molecule has 1 saturated carbocycles. The number of ether oxygens (including phenoxy) is 2. The molecule has 2 heterocycles. The Bertz CT molecular complexity index is 953. The average molecular weight is 493 g/mol. The topological polar surface area (TPSA) is 93.2 Å². The van der Waals surface area contributed by atoms with Gasteiger partial charge in [0.05, 0.1) is 12.7 Å². The van der Waals surface area contributed by atoms with E-state index in [1.54, 1.807) is 26.0 Å². The molecule has 3 fully saturated rings. The molecule has 0 aromatic heterocycles. The van der Waals surface area contributed by atoms with Gasteiger partial charge < -0.3 is 9.47 Å². The van der Waals surface area contributed by atoms with Crippen LogP contribution in [0.2, 0.25) is 0 Å². The summed E-state index contributed by atoms with van der Waals surface area (Å²) in [6, 6.07) is 6.57. The second-order valence-corrected chi connectivity index (χ2v) is 9.82. The summed E-state index contributed by atoms with van der Waals surface area (Å²) in [4.78, 5) is 55.0. The van der Waals surface area contributed by atoms with Crippen LogP contribution in [0.1, 0.15) is 38.2 Å². The third kappa shape index (κ3) is 3.34. The Balaban J connectivity index is 1.94. The van der Waals surface area contributed by atoms with E-state index in [0.29, 0.717) is 5.56 Å². The molecule has 1 spiro atoms. The summed E-state index contributed by atoms with van der Waals surface area (Å²) < 4.78 is 12.5. The van der Waals surface area contributed by atoms with Crippen molar-refractivity contribution < 1.29 is 28.7 Å². The number of Topliss-reactive ketones (excluding diaryl/α,β-unsaturated/α-hetero) is 1. The molecule has 1 aliphatic carbocycles. The Morgan fingerprint density at radius 1 is 1.03 bits per heavy atom. The number of urea groups is 1. The number of halogens is 1. The van der Waals surface area contributed by atoms with E-state index in [2.05, 4.69) is 15.9 Å². The molecule has 0 unspecified atom stereocenters. The molecule has 2 aliphatic heterocycles. The van der Waals surface area contributed by atoms with Crippen LogP contribution < -0.4 is 0 Å². The van der Waals surface area contributed by atoms with Crippen molar-refractivity contribution in [2.75, 3.05) is 20.7 Å². The van der Waals surface area contributed by atoms with Crippen LogP contribution in [-0.2, 0) is 23.9 Å². The number of carbonyl (C=O) groups is 4. The first-order valence-electron chi connectivity index (χ1n) is 10.2. The molecule has 0 radical (unpaired) electrons. The minimum Gasteiger partial charge on any atom is -0.348 e. The van der Waals surface area contributed by atoms with Crippen LogP contribution in [0, 0.1) is 11.3 Å². The quantitative estimate of drug-likeness (QED) is 0.589. The van der Waals surface area contributed by atoms with Crippen molar-refractivity contribution in [3.05, 3.63) is 34.3 Å². The van der Waals surface area contributed by atoms with Crippen LogP contribution in [0.5, 0.6) is 0 Å². The maximum Gasteiger partial charge on any atom is 0.332 e. The first-order valence-corrected chi connectivity index (χ1v) is 11.0. The first kappa shape index (κ1) is 22.1. The number of rotatable bonds is 2. The highest BCUT2D eigenvalue weighted by Crippen LogP contribution is 2.56. The summed E-state index contributed by atoms with van der Waals surface area (Å²) in [7, 11) is 2.74. The standard InChI is InChI=1S/C22H25BrN2O6/c1-21(2)30-11-17(31-21)16-10-14(26)9-15(12-6-5-7-13(23)8-12)22(16)18(27)24(3)20(29)25(4)19(22)28/h5-8,15-17H,9-11H2,1-4H3/t15-,16+,17-/m1/s1. The molecule has 3 aliphatic rings. The maximum absolute atomic E-state index is 13.8. The number of benzene rings is 1. The van der Waals surface area contributed by atoms with Gasteiger partial charge in [-0.15, -0.1) is 0 Å². The van der Waals surface area contributed by atoms with E-state index >= 15 is 0 Å². The fourth-order valence-corrected chi connectivity index (χ4v) is 5.66. The highest BCUT2D eigenvalue weighted by Gasteiger charge is 2.68. The fourth-order valence-electron chi connectivity index (χ4n) is 5.24. The molecule has 8 nitrogen and oxygen atoms in total. The lowest BCUT2D eigenvalue weighted by molar-refractivity contribution is -0.181. The number of hydrogen-bond donors (Lipinski definition) is 0. The highest BCUT2D eigenvalue weighted by molar-refractivity contribution is 9.10. The Kier molecular flexibility index (Phi) is 5.34. The highest BCUT2D eigenvalue weighted by atomic mass is 79.9. The van der Waals surface area contributed by atoms with Crippen LogP contribution in [0.15, 0.2) is 28.7 Å². The van der Waals surface area contributed by atoms with E-state index in [-0.39, 0.29) is 25.2 Å². The van der Waals surface area contributed by atoms with Gasteiger partial charge in [0, 0.05) is 43.2 Å². The molecule has 0 N–H and O–H groups in total. The molecule has 3 atom stereocenters. The van der Waals surface area contributed by atoms with Crippen molar-refractivity contribution >= 4 is 39.6 Å². The third-order valence-corrected chi connectivity index (χ3v) is 7.13. The predicted molar refractivity (Wildman–Crippen MR) is 113 cm³/mol. The van der Waals surface area contributed by atoms with E-state index < -0.39 is 47.0 Å². The summed E-state index contributed by atoms with van der Waals surface area (Å²) in [5.74, 6) is -3.66. The Labute approximate surface area is 189 Å². The summed E-state index contributed by atoms with van der Waals surface area (Å²) in [5.41, 5.74) is -0.968. The van der Waals surface area contributed by atoms with Crippen LogP contribution in [0.4, 0.5) is 4.79 Å². The minimum atomic E-state index is -1.65. The monoisotopic (exact) mass is 492 g/mol. The molecular weight excluding hydrogens is 468 g/mol. The predicted octanol–water partition coefficient (Wildman–Crippen LogP) is 2.70. The van der Waals surface area contributed by atoms with Crippen LogP contribution in [-0.4, -0.2) is 66.0 Å². The van der Waals surface area contributed by atoms with E-state index in [0.717, 1.165) is 14.3 Å². The maximum atomic E-state index is 13.8. The van der Waals surface area contributed by atoms with Crippen molar-refractivity contribution in [2.45, 2.75) is 44.5 Å². The summed E-state index contributed by atoms with van der Waals surface area (Å²) >= 11 is 3.44. The van der Waals surface area contributed by atoms with Gasteiger partial charge in [0.1, 0.15) is 11.2 Å². The lowest BCUT2D eigenvalue weighted by Crippen LogP contribution is -2.70. The van der Waals surface area contributed by atoms with E-state index in [1.165, 1.54) is 14.1 Å². The molecule has 0 bridgehead atoms. The van der Waals surface area contributed by atoms with Gasteiger partial charge in [-0.1, -0.05) is 28.1 Å². The SMILES string of the molecule is CN1C(=O)N(C)C(=O)C2(C1=O)[C@@H](c1cccc(Br)c1)CC(=O)C[C@H]2[C@H]1COC(C)(C)O1. The number of barbiturate groups is 1. The Hall–Kier alpha value is -2.10. The molecular formula is C22H25BrN2O6. The van der Waals surface area contributed by atoms with Crippen molar-refractivity contribution in [1.82, 2.24) is 9.80 Å². The smallest absolute Gasteiger partial charge is 0.332 e. The fraction of sp³-hybridized carbons (Fsp3) is 0.545. The molecule has 9 heteroatoms. The van der Waals surface area contributed by atoms with Crippen molar-refractivity contribution in [3.63, 3.8) is 0 Å². The number of hydrogen-bond acceptors (Lipinski definition) is 6.